The zero-order valence-corrected chi connectivity index (χ0v) is 10.2. The summed E-state index contributed by atoms with van der Waals surface area (Å²) in [5, 5.41) is 7.83. The lowest BCUT2D eigenvalue weighted by atomic mass is 10.1. The van der Waals surface area contributed by atoms with Crippen molar-refractivity contribution >= 4 is 11.6 Å². The molecular formula is C12H13ClN2O. The maximum absolute atomic E-state index is 6.14. The highest BCUT2D eigenvalue weighted by molar-refractivity contribution is 6.31. The third kappa shape index (κ3) is 1.91. The van der Waals surface area contributed by atoms with Gasteiger partial charge in [0.05, 0.1) is 12.8 Å². The van der Waals surface area contributed by atoms with E-state index in [4.69, 9.17) is 16.3 Å². The number of aromatic amines is 1. The van der Waals surface area contributed by atoms with Crippen LogP contribution in [0.3, 0.4) is 0 Å². The van der Waals surface area contributed by atoms with Crippen LogP contribution in [-0.2, 0) is 0 Å². The number of benzene rings is 1. The van der Waals surface area contributed by atoms with Crippen LogP contribution in [0.4, 0.5) is 0 Å². The lowest BCUT2D eigenvalue weighted by Crippen LogP contribution is -1.89. The van der Waals surface area contributed by atoms with Gasteiger partial charge in [-0.3, -0.25) is 5.10 Å². The van der Waals surface area contributed by atoms with Crippen molar-refractivity contribution in [2.45, 2.75) is 13.8 Å². The maximum Gasteiger partial charge on any atom is 0.121 e. The van der Waals surface area contributed by atoms with Crippen LogP contribution in [0.15, 0.2) is 18.2 Å². The minimum absolute atomic E-state index is 0.690. The van der Waals surface area contributed by atoms with E-state index >= 15 is 0 Å². The first-order chi connectivity index (χ1) is 7.61. The van der Waals surface area contributed by atoms with Gasteiger partial charge in [-0.1, -0.05) is 11.6 Å². The zero-order valence-electron chi connectivity index (χ0n) is 9.47. The molecule has 1 N–H and O–H groups in total. The van der Waals surface area contributed by atoms with Gasteiger partial charge in [0.1, 0.15) is 5.75 Å². The summed E-state index contributed by atoms with van der Waals surface area (Å²) in [7, 11) is 1.63. The molecule has 0 saturated carbocycles. The molecule has 0 radical (unpaired) electrons. The molecule has 84 valence electrons. The van der Waals surface area contributed by atoms with Gasteiger partial charge in [0.25, 0.3) is 0 Å². The van der Waals surface area contributed by atoms with E-state index in [-0.39, 0.29) is 0 Å². The van der Waals surface area contributed by atoms with E-state index in [0.717, 1.165) is 28.3 Å². The molecule has 0 aliphatic heterocycles. The molecule has 16 heavy (non-hydrogen) atoms. The molecule has 0 spiro atoms. The third-order valence-electron chi connectivity index (χ3n) is 2.54. The van der Waals surface area contributed by atoms with E-state index < -0.39 is 0 Å². The second-order valence-corrected chi connectivity index (χ2v) is 4.13. The zero-order chi connectivity index (χ0) is 11.7. The highest BCUT2D eigenvalue weighted by atomic mass is 35.5. The summed E-state index contributed by atoms with van der Waals surface area (Å²) < 4.78 is 5.20. The number of rotatable bonds is 2. The topological polar surface area (TPSA) is 37.9 Å². The Hall–Kier alpha value is -1.48. The number of ether oxygens (including phenoxy) is 1. The van der Waals surface area contributed by atoms with Crippen LogP contribution in [0.25, 0.3) is 11.3 Å². The number of nitrogens with one attached hydrogen (secondary N) is 1. The molecule has 1 aromatic heterocycles. The Morgan fingerprint density at radius 2 is 2.00 bits per heavy atom. The summed E-state index contributed by atoms with van der Waals surface area (Å²) in [6.07, 6.45) is 0. The van der Waals surface area contributed by atoms with Gasteiger partial charge in [-0.15, -0.1) is 0 Å². The molecule has 4 heteroatoms. The molecule has 0 bridgehead atoms. The molecule has 2 aromatic rings. The molecule has 0 amide bonds. The molecule has 0 atom stereocenters. The first-order valence-electron chi connectivity index (χ1n) is 4.98. The van der Waals surface area contributed by atoms with Gasteiger partial charge >= 0.3 is 0 Å². The fourth-order valence-electron chi connectivity index (χ4n) is 1.59. The molecule has 0 aliphatic rings. The number of aryl methyl sites for hydroxylation is 1. The summed E-state index contributed by atoms with van der Waals surface area (Å²) in [5.74, 6) is 0.742. The lowest BCUT2D eigenvalue weighted by Gasteiger charge is -2.08. The molecule has 0 saturated heterocycles. The second-order valence-electron chi connectivity index (χ2n) is 3.72. The molecule has 0 aliphatic carbocycles. The van der Waals surface area contributed by atoms with E-state index in [1.165, 1.54) is 0 Å². The fraction of sp³-hybridized carbons (Fsp3) is 0.250. The highest BCUT2D eigenvalue weighted by Gasteiger charge is 2.10. The molecular weight excluding hydrogens is 224 g/mol. The van der Waals surface area contributed by atoms with Gasteiger partial charge in [0.2, 0.25) is 0 Å². The van der Waals surface area contributed by atoms with Gasteiger partial charge < -0.3 is 4.74 Å². The molecule has 0 fully saturated rings. The summed E-state index contributed by atoms with van der Waals surface area (Å²) in [6.45, 7) is 3.94. The Bertz CT molecular complexity index is 520. The van der Waals surface area contributed by atoms with E-state index in [0.29, 0.717) is 5.02 Å². The van der Waals surface area contributed by atoms with Gasteiger partial charge in [-0.05, 0) is 37.6 Å². The number of H-pyrrole nitrogens is 1. The summed E-state index contributed by atoms with van der Waals surface area (Å²) >= 11 is 6.14. The predicted molar refractivity (Wildman–Crippen MR) is 65.1 cm³/mol. The Morgan fingerprint density at radius 1 is 1.25 bits per heavy atom. The van der Waals surface area contributed by atoms with Crippen LogP contribution in [0, 0.1) is 13.8 Å². The van der Waals surface area contributed by atoms with Crippen molar-refractivity contribution in [3.05, 3.63) is 34.5 Å². The Labute approximate surface area is 99.4 Å². The first kappa shape index (κ1) is 11.0. The SMILES string of the molecule is COc1cc(Cl)c(C)c(-c2cc(C)[nH]n2)c1. The molecule has 1 heterocycles. The van der Waals surface area contributed by atoms with Crippen molar-refractivity contribution < 1.29 is 4.74 Å². The van der Waals surface area contributed by atoms with Crippen LogP contribution in [0.1, 0.15) is 11.3 Å². The van der Waals surface area contributed by atoms with Crippen molar-refractivity contribution in [1.82, 2.24) is 10.2 Å². The minimum atomic E-state index is 0.690. The van der Waals surface area contributed by atoms with Crippen molar-refractivity contribution in [2.24, 2.45) is 0 Å². The van der Waals surface area contributed by atoms with Crippen molar-refractivity contribution in [1.29, 1.82) is 0 Å². The van der Waals surface area contributed by atoms with Crippen molar-refractivity contribution in [3.8, 4) is 17.0 Å². The lowest BCUT2D eigenvalue weighted by molar-refractivity contribution is 0.415. The highest BCUT2D eigenvalue weighted by Crippen LogP contribution is 2.32. The average Bonchev–Trinajstić information content (AvgIpc) is 2.68. The summed E-state index contributed by atoms with van der Waals surface area (Å²) in [6, 6.07) is 5.73. The molecule has 1 aromatic carbocycles. The van der Waals surface area contributed by atoms with Gasteiger partial charge in [-0.2, -0.15) is 5.10 Å². The van der Waals surface area contributed by atoms with Crippen molar-refractivity contribution in [2.75, 3.05) is 7.11 Å². The number of methoxy groups -OCH3 is 1. The normalized spacial score (nSPS) is 10.5. The second kappa shape index (κ2) is 4.18. The minimum Gasteiger partial charge on any atom is -0.497 e. The number of nitrogens with zero attached hydrogens (tertiary/aromatic N) is 1. The monoisotopic (exact) mass is 236 g/mol. The Kier molecular flexibility index (Phi) is 2.88. The molecule has 0 unspecified atom stereocenters. The number of hydrogen-bond acceptors (Lipinski definition) is 2. The van der Waals surface area contributed by atoms with E-state index in [1.54, 1.807) is 13.2 Å². The van der Waals surface area contributed by atoms with Gasteiger partial charge in [0.15, 0.2) is 0 Å². The molecule has 3 nitrogen and oxygen atoms in total. The van der Waals surface area contributed by atoms with Crippen LogP contribution in [0.2, 0.25) is 5.02 Å². The third-order valence-corrected chi connectivity index (χ3v) is 2.93. The summed E-state index contributed by atoms with van der Waals surface area (Å²) in [4.78, 5) is 0. The van der Waals surface area contributed by atoms with E-state index in [9.17, 15) is 0 Å². The van der Waals surface area contributed by atoms with Crippen molar-refractivity contribution in [3.63, 3.8) is 0 Å². The van der Waals surface area contributed by atoms with Gasteiger partial charge in [0, 0.05) is 16.3 Å². The van der Waals surface area contributed by atoms with E-state index in [2.05, 4.69) is 10.2 Å². The summed E-state index contributed by atoms with van der Waals surface area (Å²) in [5.41, 5.74) is 3.91. The Balaban J connectivity index is 2.59. The number of halogens is 1. The average molecular weight is 237 g/mol. The van der Waals surface area contributed by atoms with Crippen LogP contribution < -0.4 is 4.74 Å². The maximum atomic E-state index is 6.14. The van der Waals surface area contributed by atoms with Crippen LogP contribution in [-0.4, -0.2) is 17.3 Å². The van der Waals surface area contributed by atoms with Gasteiger partial charge in [-0.25, -0.2) is 0 Å². The number of aromatic nitrogens is 2. The fourth-order valence-corrected chi connectivity index (χ4v) is 1.80. The predicted octanol–water partition coefficient (Wildman–Crippen LogP) is 3.36. The quantitative estimate of drug-likeness (QED) is 0.868. The van der Waals surface area contributed by atoms with Crippen LogP contribution in [0.5, 0.6) is 5.75 Å². The first-order valence-corrected chi connectivity index (χ1v) is 5.36. The van der Waals surface area contributed by atoms with E-state index in [1.807, 2.05) is 26.0 Å². The molecule has 2 rings (SSSR count). The Morgan fingerprint density at radius 3 is 2.56 bits per heavy atom. The largest absolute Gasteiger partial charge is 0.497 e. The standard InChI is InChI=1S/C12H13ClN2O/c1-7-4-12(15-14-7)10-5-9(16-3)6-11(13)8(10)2/h4-6H,1-3H3,(H,14,15). The van der Waals surface area contributed by atoms with Crippen LogP contribution >= 0.6 is 11.6 Å². The number of hydrogen-bond donors (Lipinski definition) is 1. The smallest absolute Gasteiger partial charge is 0.121 e.